The molecule has 2 aromatic heterocycles. The molecule has 1 N–H and O–H groups in total. The Kier molecular flexibility index (Phi) is 1.82. The summed E-state index contributed by atoms with van der Waals surface area (Å²) in [5, 5.41) is 1.76. The first-order valence-electron chi connectivity index (χ1n) is 4.66. The lowest BCUT2D eigenvalue weighted by Gasteiger charge is -1.91. The average Bonchev–Trinajstić information content (AvgIpc) is 2.82. The van der Waals surface area contributed by atoms with Gasteiger partial charge in [-0.2, -0.15) is 0 Å². The van der Waals surface area contributed by atoms with Gasteiger partial charge in [0.25, 0.3) is 0 Å². The van der Waals surface area contributed by atoms with Crippen molar-refractivity contribution in [2.45, 2.75) is 0 Å². The third-order valence-electron chi connectivity index (χ3n) is 2.37. The molecule has 0 radical (unpaired) electrons. The number of aromatic nitrogens is 1. The number of aromatic amines is 1. The van der Waals surface area contributed by atoms with Crippen molar-refractivity contribution in [2.75, 3.05) is 0 Å². The molecule has 0 unspecified atom stereocenters. The molecule has 3 heteroatoms. The summed E-state index contributed by atoms with van der Waals surface area (Å²) in [5.41, 5.74) is 1.70. The van der Waals surface area contributed by atoms with Gasteiger partial charge in [-0.05, 0) is 18.2 Å². The van der Waals surface area contributed by atoms with E-state index >= 15 is 0 Å². The molecule has 0 aliphatic heterocycles. The van der Waals surface area contributed by atoms with Gasteiger partial charge in [-0.25, -0.2) is 0 Å². The first-order chi connectivity index (χ1) is 7.34. The second-order valence-corrected chi connectivity index (χ2v) is 3.76. The number of fused-ring (bicyclic) bond motifs is 1. The van der Waals surface area contributed by atoms with Gasteiger partial charge in [0.05, 0.1) is 5.02 Å². The molecule has 0 atom stereocenters. The summed E-state index contributed by atoms with van der Waals surface area (Å²) in [7, 11) is 0. The minimum atomic E-state index is 0.675. The van der Waals surface area contributed by atoms with Crippen molar-refractivity contribution >= 4 is 22.6 Å². The molecule has 0 fully saturated rings. The van der Waals surface area contributed by atoms with E-state index in [0.29, 0.717) is 5.02 Å². The predicted octanol–water partition coefficient (Wildman–Crippen LogP) is 4.08. The summed E-state index contributed by atoms with van der Waals surface area (Å²) in [5.74, 6) is 0.770. The second kappa shape index (κ2) is 3.17. The van der Waals surface area contributed by atoms with Gasteiger partial charge in [-0.3, -0.25) is 0 Å². The molecule has 0 bridgehead atoms. The van der Waals surface area contributed by atoms with E-state index < -0.39 is 0 Å². The van der Waals surface area contributed by atoms with Crippen LogP contribution >= 0.6 is 11.6 Å². The maximum Gasteiger partial charge on any atom is 0.153 e. The monoisotopic (exact) mass is 217 g/mol. The van der Waals surface area contributed by atoms with Crippen LogP contribution in [0.25, 0.3) is 22.4 Å². The van der Waals surface area contributed by atoms with E-state index in [4.69, 9.17) is 16.0 Å². The van der Waals surface area contributed by atoms with E-state index in [1.54, 1.807) is 6.20 Å². The molecular formula is C12H8ClNO. The number of rotatable bonds is 1. The normalized spacial score (nSPS) is 11.0. The van der Waals surface area contributed by atoms with Crippen LogP contribution in [0, 0.1) is 0 Å². The molecule has 74 valence electrons. The molecular weight excluding hydrogens is 210 g/mol. The fourth-order valence-electron chi connectivity index (χ4n) is 1.64. The quantitative estimate of drug-likeness (QED) is 0.654. The number of H-pyrrole nitrogens is 1. The summed E-state index contributed by atoms with van der Waals surface area (Å²) in [6, 6.07) is 11.7. The summed E-state index contributed by atoms with van der Waals surface area (Å²) >= 11 is 6.01. The van der Waals surface area contributed by atoms with Crippen LogP contribution in [0.1, 0.15) is 0 Å². The summed E-state index contributed by atoms with van der Waals surface area (Å²) < 4.78 is 5.68. The number of hydrogen-bond acceptors (Lipinski definition) is 1. The highest BCUT2D eigenvalue weighted by Gasteiger charge is 2.09. The highest BCUT2D eigenvalue weighted by Crippen LogP contribution is 2.31. The molecule has 0 spiro atoms. The SMILES string of the molecule is Clc1cc[nH]c1-c1cc2ccccc2o1. The minimum absolute atomic E-state index is 0.675. The highest BCUT2D eigenvalue weighted by atomic mass is 35.5. The van der Waals surface area contributed by atoms with Crippen LogP contribution < -0.4 is 0 Å². The van der Waals surface area contributed by atoms with Crippen LogP contribution in [0.5, 0.6) is 0 Å². The van der Waals surface area contributed by atoms with Gasteiger partial charge in [0, 0.05) is 11.6 Å². The third kappa shape index (κ3) is 1.34. The van der Waals surface area contributed by atoms with Crippen molar-refractivity contribution < 1.29 is 4.42 Å². The van der Waals surface area contributed by atoms with E-state index in [1.165, 1.54) is 0 Å². The van der Waals surface area contributed by atoms with Crippen LogP contribution in [-0.2, 0) is 0 Å². The molecule has 1 aromatic carbocycles. The van der Waals surface area contributed by atoms with E-state index in [1.807, 2.05) is 36.4 Å². The Bertz CT molecular complexity index is 576. The fourth-order valence-corrected chi connectivity index (χ4v) is 1.86. The lowest BCUT2D eigenvalue weighted by molar-refractivity contribution is 0.629. The standard InChI is InChI=1S/C12H8ClNO/c13-9-5-6-14-12(9)11-7-8-3-1-2-4-10(8)15-11/h1-7,14H. The molecule has 3 aromatic rings. The van der Waals surface area contributed by atoms with Gasteiger partial charge < -0.3 is 9.40 Å². The molecule has 2 heterocycles. The zero-order chi connectivity index (χ0) is 10.3. The van der Waals surface area contributed by atoms with Crippen LogP contribution in [0.15, 0.2) is 47.0 Å². The van der Waals surface area contributed by atoms with Crippen LogP contribution in [0.2, 0.25) is 5.02 Å². The molecule has 3 rings (SSSR count). The molecule has 0 saturated carbocycles. The largest absolute Gasteiger partial charge is 0.454 e. The van der Waals surface area contributed by atoms with Crippen molar-refractivity contribution in [1.82, 2.24) is 4.98 Å². The fraction of sp³-hybridized carbons (Fsp3) is 0. The number of benzene rings is 1. The van der Waals surface area contributed by atoms with Crippen molar-refractivity contribution in [2.24, 2.45) is 0 Å². The molecule has 2 nitrogen and oxygen atoms in total. The first kappa shape index (κ1) is 8.62. The average molecular weight is 218 g/mol. The number of hydrogen-bond donors (Lipinski definition) is 1. The van der Waals surface area contributed by atoms with Gasteiger partial charge in [0.1, 0.15) is 11.3 Å². The Morgan fingerprint density at radius 3 is 2.73 bits per heavy atom. The second-order valence-electron chi connectivity index (χ2n) is 3.35. The Morgan fingerprint density at radius 2 is 2.00 bits per heavy atom. The molecule has 0 amide bonds. The number of para-hydroxylation sites is 1. The summed E-state index contributed by atoms with van der Waals surface area (Å²) in [4.78, 5) is 3.06. The number of furan rings is 1. The Balaban J connectivity index is 2.24. The smallest absolute Gasteiger partial charge is 0.153 e. The molecule has 0 saturated heterocycles. The highest BCUT2D eigenvalue weighted by molar-refractivity contribution is 6.33. The maximum atomic E-state index is 6.01. The van der Waals surface area contributed by atoms with Gasteiger partial charge in [0.2, 0.25) is 0 Å². The summed E-state index contributed by atoms with van der Waals surface area (Å²) in [6.45, 7) is 0. The van der Waals surface area contributed by atoms with Crippen LogP contribution in [-0.4, -0.2) is 4.98 Å². The van der Waals surface area contributed by atoms with Crippen molar-refractivity contribution in [3.63, 3.8) is 0 Å². The lowest BCUT2D eigenvalue weighted by Crippen LogP contribution is -1.71. The lowest BCUT2D eigenvalue weighted by atomic mass is 10.2. The first-order valence-corrected chi connectivity index (χ1v) is 5.04. The number of nitrogens with one attached hydrogen (secondary N) is 1. The Morgan fingerprint density at radius 1 is 1.13 bits per heavy atom. The third-order valence-corrected chi connectivity index (χ3v) is 2.68. The maximum absolute atomic E-state index is 6.01. The van der Waals surface area contributed by atoms with Crippen molar-refractivity contribution in [3.8, 4) is 11.5 Å². The van der Waals surface area contributed by atoms with Crippen molar-refractivity contribution in [3.05, 3.63) is 47.6 Å². The van der Waals surface area contributed by atoms with Gasteiger partial charge in [-0.15, -0.1) is 0 Å². The van der Waals surface area contributed by atoms with Crippen molar-refractivity contribution in [1.29, 1.82) is 0 Å². The van der Waals surface area contributed by atoms with E-state index in [-0.39, 0.29) is 0 Å². The zero-order valence-electron chi connectivity index (χ0n) is 7.83. The minimum Gasteiger partial charge on any atom is -0.454 e. The van der Waals surface area contributed by atoms with Gasteiger partial charge >= 0.3 is 0 Å². The van der Waals surface area contributed by atoms with Crippen LogP contribution in [0.4, 0.5) is 0 Å². The number of halogens is 1. The Hall–Kier alpha value is -1.67. The topological polar surface area (TPSA) is 28.9 Å². The van der Waals surface area contributed by atoms with Gasteiger partial charge in [0.15, 0.2) is 5.76 Å². The molecule has 0 aliphatic rings. The van der Waals surface area contributed by atoms with E-state index in [2.05, 4.69) is 4.98 Å². The van der Waals surface area contributed by atoms with E-state index in [9.17, 15) is 0 Å². The molecule has 0 aliphatic carbocycles. The van der Waals surface area contributed by atoms with Crippen LogP contribution in [0.3, 0.4) is 0 Å². The molecule has 15 heavy (non-hydrogen) atoms. The Labute approximate surface area is 91.5 Å². The predicted molar refractivity (Wildman–Crippen MR) is 61.0 cm³/mol. The van der Waals surface area contributed by atoms with Gasteiger partial charge in [-0.1, -0.05) is 29.8 Å². The summed E-state index contributed by atoms with van der Waals surface area (Å²) in [6.07, 6.45) is 1.80. The van der Waals surface area contributed by atoms with E-state index in [0.717, 1.165) is 22.4 Å². The zero-order valence-corrected chi connectivity index (χ0v) is 8.58.